The number of imide groups is 1. The summed E-state index contributed by atoms with van der Waals surface area (Å²) in [4.78, 5) is 43.4. The van der Waals surface area contributed by atoms with Crippen LogP contribution >= 0.6 is 11.8 Å². The number of benzene rings is 1. The first-order valence-electron chi connectivity index (χ1n) is 9.41. The van der Waals surface area contributed by atoms with Gasteiger partial charge in [-0.3, -0.25) is 19.1 Å². The molecule has 3 heterocycles. The molecule has 28 heavy (non-hydrogen) atoms. The van der Waals surface area contributed by atoms with E-state index in [0.29, 0.717) is 42.3 Å². The molecule has 1 aromatic heterocycles. The minimum Gasteiger partial charge on any atom is -0.376 e. The molecule has 2 aromatic rings. The number of carbonyl (C=O) groups is 2. The number of hydrogen-bond donors (Lipinski definition) is 1. The largest absolute Gasteiger partial charge is 0.376 e. The molecule has 0 spiro atoms. The van der Waals surface area contributed by atoms with Gasteiger partial charge < -0.3 is 10.1 Å². The van der Waals surface area contributed by atoms with Crippen molar-refractivity contribution in [2.75, 3.05) is 19.7 Å². The summed E-state index contributed by atoms with van der Waals surface area (Å²) >= 11 is 1.20. The molecule has 1 N–H and O–H groups in total. The van der Waals surface area contributed by atoms with Crippen LogP contribution in [-0.4, -0.2) is 57.4 Å². The molecule has 0 bridgehead atoms. The Bertz CT molecular complexity index is 970. The van der Waals surface area contributed by atoms with Gasteiger partial charge in [-0.2, -0.15) is 0 Å². The molecule has 1 aromatic carbocycles. The summed E-state index contributed by atoms with van der Waals surface area (Å²) in [6.45, 7) is 3.65. The highest BCUT2D eigenvalue weighted by molar-refractivity contribution is 8.00. The zero-order chi connectivity index (χ0) is 19.7. The van der Waals surface area contributed by atoms with Crippen LogP contribution in [0.2, 0.25) is 0 Å². The van der Waals surface area contributed by atoms with Gasteiger partial charge in [0.1, 0.15) is 0 Å². The van der Waals surface area contributed by atoms with Crippen LogP contribution in [0.4, 0.5) is 4.79 Å². The summed E-state index contributed by atoms with van der Waals surface area (Å²) in [6.07, 6.45) is 1.84. The number of rotatable bonds is 5. The van der Waals surface area contributed by atoms with Gasteiger partial charge >= 0.3 is 6.03 Å². The van der Waals surface area contributed by atoms with Gasteiger partial charge in [0.05, 0.1) is 28.8 Å². The van der Waals surface area contributed by atoms with Crippen LogP contribution < -0.4 is 10.9 Å². The molecule has 2 fully saturated rings. The lowest BCUT2D eigenvalue weighted by molar-refractivity contribution is -0.126. The standard InChI is InChI=1S/C19H22N4O4S/c1-12(16(24)22-9-8-20-18(22)26)28-19-21-15-7-3-2-6-14(15)17(25)23(19)11-13-5-4-10-27-13/h2-3,6-7,12-13H,4-5,8-11H2,1H3,(H,20,26)/t12-,13+/m0/s1. The van der Waals surface area contributed by atoms with E-state index in [4.69, 9.17) is 4.74 Å². The van der Waals surface area contributed by atoms with E-state index in [1.807, 2.05) is 12.1 Å². The maximum Gasteiger partial charge on any atom is 0.324 e. The molecule has 9 heteroatoms. The lowest BCUT2D eigenvalue weighted by Crippen LogP contribution is -2.39. The Morgan fingerprint density at radius 3 is 2.93 bits per heavy atom. The van der Waals surface area contributed by atoms with Crippen LogP contribution in [0.15, 0.2) is 34.2 Å². The number of nitrogens with zero attached hydrogens (tertiary/aromatic N) is 3. The molecular formula is C19H22N4O4S. The van der Waals surface area contributed by atoms with Crippen molar-refractivity contribution < 1.29 is 14.3 Å². The molecule has 2 atom stereocenters. The number of amides is 3. The Labute approximate surface area is 166 Å². The second-order valence-corrected chi connectivity index (χ2v) is 8.25. The van der Waals surface area contributed by atoms with Crippen molar-refractivity contribution in [3.63, 3.8) is 0 Å². The molecule has 0 aliphatic carbocycles. The fourth-order valence-electron chi connectivity index (χ4n) is 3.50. The van der Waals surface area contributed by atoms with Crippen molar-refractivity contribution in [2.45, 2.75) is 42.8 Å². The predicted molar refractivity (Wildman–Crippen MR) is 105 cm³/mol. The van der Waals surface area contributed by atoms with Gasteiger partial charge in [0.2, 0.25) is 5.91 Å². The molecule has 4 rings (SSSR count). The van der Waals surface area contributed by atoms with Gasteiger partial charge in [0.15, 0.2) is 5.16 Å². The van der Waals surface area contributed by atoms with E-state index in [1.165, 1.54) is 16.7 Å². The summed E-state index contributed by atoms with van der Waals surface area (Å²) in [5.41, 5.74) is 0.458. The minimum atomic E-state index is -0.548. The zero-order valence-corrected chi connectivity index (χ0v) is 16.4. The fourth-order valence-corrected chi connectivity index (χ4v) is 4.48. The van der Waals surface area contributed by atoms with Gasteiger partial charge in [-0.15, -0.1) is 0 Å². The molecule has 2 saturated heterocycles. The van der Waals surface area contributed by atoms with Crippen LogP contribution in [0.3, 0.4) is 0 Å². The Balaban J connectivity index is 1.66. The van der Waals surface area contributed by atoms with E-state index in [1.54, 1.807) is 23.6 Å². The second-order valence-electron chi connectivity index (χ2n) is 6.94. The van der Waals surface area contributed by atoms with Crippen molar-refractivity contribution in [1.82, 2.24) is 19.8 Å². The van der Waals surface area contributed by atoms with Crippen molar-refractivity contribution in [3.05, 3.63) is 34.6 Å². The van der Waals surface area contributed by atoms with E-state index in [9.17, 15) is 14.4 Å². The van der Waals surface area contributed by atoms with Crippen LogP contribution in [-0.2, 0) is 16.1 Å². The number of hydrogen-bond acceptors (Lipinski definition) is 6. The maximum absolute atomic E-state index is 13.1. The first-order valence-corrected chi connectivity index (χ1v) is 10.3. The molecule has 2 aliphatic rings. The molecule has 8 nitrogen and oxygen atoms in total. The van der Waals surface area contributed by atoms with Crippen LogP contribution in [0.1, 0.15) is 19.8 Å². The topological polar surface area (TPSA) is 93.5 Å². The van der Waals surface area contributed by atoms with E-state index in [0.717, 1.165) is 12.8 Å². The minimum absolute atomic E-state index is 0.0321. The predicted octanol–water partition coefficient (Wildman–Crippen LogP) is 1.61. The van der Waals surface area contributed by atoms with Gasteiger partial charge in [-0.25, -0.2) is 9.78 Å². The zero-order valence-electron chi connectivity index (χ0n) is 15.6. The highest BCUT2D eigenvalue weighted by atomic mass is 32.2. The van der Waals surface area contributed by atoms with Gasteiger partial charge in [-0.05, 0) is 31.9 Å². The number of ether oxygens (including phenoxy) is 1. The lowest BCUT2D eigenvalue weighted by atomic mass is 10.2. The van der Waals surface area contributed by atoms with Crippen molar-refractivity contribution in [3.8, 4) is 0 Å². The number of aromatic nitrogens is 2. The SMILES string of the molecule is C[C@H](Sc1nc2ccccc2c(=O)n1C[C@H]1CCCO1)C(=O)N1CCNC1=O. The average molecular weight is 402 g/mol. The van der Waals surface area contributed by atoms with E-state index >= 15 is 0 Å². The van der Waals surface area contributed by atoms with Crippen molar-refractivity contribution in [2.24, 2.45) is 0 Å². The third kappa shape index (κ3) is 3.64. The van der Waals surface area contributed by atoms with Gasteiger partial charge in [0, 0.05) is 19.7 Å². The quantitative estimate of drug-likeness (QED) is 0.603. The van der Waals surface area contributed by atoms with Crippen LogP contribution in [0.5, 0.6) is 0 Å². The van der Waals surface area contributed by atoms with Crippen LogP contribution in [0.25, 0.3) is 10.9 Å². The molecule has 2 aliphatic heterocycles. The molecule has 0 radical (unpaired) electrons. The Kier molecular flexibility index (Phi) is 5.36. The fraction of sp³-hybridized carbons (Fsp3) is 0.474. The molecule has 3 amide bonds. The summed E-state index contributed by atoms with van der Waals surface area (Å²) in [5.74, 6) is -0.286. The normalized spacial score (nSPS) is 20.5. The van der Waals surface area contributed by atoms with Gasteiger partial charge in [0.25, 0.3) is 5.56 Å². The molecular weight excluding hydrogens is 380 g/mol. The van der Waals surface area contributed by atoms with E-state index < -0.39 is 5.25 Å². The lowest BCUT2D eigenvalue weighted by Gasteiger charge is -2.20. The van der Waals surface area contributed by atoms with Crippen molar-refractivity contribution >= 4 is 34.6 Å². The number of nitrogens with one attached hydrogen (secondary N) is 1. The van der Waals surface area contributed by atoms with E-state index in [-0.39, 0.29) is 23.6 Å². The third-order valence-electron chi connectivity index (χ3n) is 4.99. The molecule has 148 valence electrons. The number of thioether (sulfide) groups is 1. The second kappa shape index (κ2) is 7.92. The Morgan fingerprint density at radius 1 is 1.39 bits per heavy atom. The Morgan fingerprint density at radius 2 is 2.21 bits per heavy atom. The highest BCUT2D eigenvalue weighted by Gasteiger charge is 2.31. The number of para-hydroxylation sites is 1. The van der Waals surface area contributed by atoms with E-state index in [2.05, 4.69) is 10.3 Å². The highest BCUT2D eigenvalue weighted by Crippen LogP contribution is 2.25. The van der Waals surface area contributed by atoms with Crippen LogP contribution in [0, 0.1) is 0 Å². The third-order valence-corrected chi connectivity index (χ3v) is 6.07. The summed E-state index contributed by atoms with van der Waals surface area (Å²) in [5, 5.41) is 3.10. The summed E-state index contributed by atoms with van der Waals surface area (Å²) in [6, 6.07) is 6.82. The number of urea groups is 1. The van der Waals surface area contributed by atoms with Crippen molar-refractivity contribution in [1.29, 1.82) is 0 Å². The average Bonchev–Trinajstić information content (AvgIpc) is 3.36. The molecule has 0 unspecified atom stereocenters. The smallest absolute Gasteiger partial charge is 0.324 e. The first kappa shape index (κ1) is 18.9. The monoisotopic (exact) mass is 402 g/mol. The maximum atomic E-state index is 13.1. The molecule has 0 saturated carbocycles. The Hall–Kier alpha value is -2.39. The number of fused-ring (bicyclic) bond motifs is 1. The number of carbonyl (C=O) groups excluding carboxylic acids is 2. The first-order chi connectivity index (χ1) is 13.5. The van der Waals surface area contributed by atoms with Gasteiger partial charge in [-0.1, -0.05) is 23.9 Å². The summed E-state index contributed by atoms with van der Waals surface area (Å²) in [7, 11) is 0. The summed E-state index contributed by atoms with van der Waals surface area (Å²) < 4.78 is 7.31.